The number of aryl methyl sites for hydroxylation is 1. The monoisotopic (exact) mass is 492 g/mol. The molecule has 5 aliphatic carbocycles. The lowest BCUT2D eigenvalue weighted by Crippen LogP contribution is -2.64. The van der Waals surface area contributed by atoms with E-state index in [0.29, 0.717) is 11.8 Å². The Morgan fingerprint density at radius 2 is 1.69 bits per heavy atom. The van der Waals surface area contributed by atoms with Crippen molar-refractivity contribution >= 4 is 5.97 Å². The topological polar surface area (TPSA) is 55.1 Å². The van der Waals surface area contributed by atoms with Crippen LogP contribution in [0.1, 0.15) is 111 Å². The highest BCUT2D eigenvalue weighted by molar-refractivity contribution is 5.76. The van der Waals surface area contributed by atoms with E-state index in [-0.39, 0.29) is 33.0 Å². The molecule has 4 nitrogen and oxygen atoms in total. The Labute approximate surface area is 218 Å². The fourth-order valence-corrected chi connectivity index (χ4v) is 11.2. The average Bonchev–Trinajstić information content (AvgIpc) is 3.14. The van der Waals surface area contributed by atoms with Crippen LogP contribution in [0.15, 0.2) is 17.8 Å². The van der Waals surface area contributed by atoms with Crippen LogP contribution in [0.4, 0.5) is 0 Å². The van der Waals surface area contributed by atoms with Crippen LogP contribution in [0, 0.1) is 44.8 Å². The summed E-state index contributed by atoms with van der Waals surface area (Å²) in [5, 5.41) is 15.5. The first-order valence-corrected chi connectivity index (χ1v) is 14.6. The Bertz CT molecular complexity index is 1160. The first-order chi connectivity index (χ1) is 16.6. The number of carboxylic acids is 1. The molecular formula is C32H48N2O2. The van der Waals surface area contributed by atoms with Crippen LogP contribution in [0.5, 0.6) is 0 Å². The highest BCUT2D eigenvalue weighted by Gasteiger charge is 2.69. The van der Waals surface area contributed by atoms with Crippen LogP contribution in [0.3, 0.4) is 0 Å². The molecule has 0 saturated heterocycles. The van der Waals surface area contributed by atoms with Gasteiger partial charge in [0.05, 0.1) is 11.1 Å². The van der Waals surface area contributed by atoms with E-state index >= 15 is 0 Å². The predicted molar refractivity (Wildman–Crippen MR) is 144 cm³/mol. The number of carboxylic acid groups (broad SMARTS) is 1. The second-order valence-corrected chi connectivity index (χ2v) is 15.8. The van der Waals surface area contributed by atoms with Crippen molar-refractivity contribution in [1.82, 2.24) is 9.78 Å². The molecule has 198 valence electrons. The molecule has 1 heterocycles. The zero-order valence-corrected chi connectivity index (χ0v) is 24.0. The maximum Gasteiger partial charge on any atom is 0.310 e. The summed E-state index contributed by atoms with van der Waals surface area (Å²) in [6.45, 7) is 17.4. The third-order valence-electron chi connectivity index (χ3n) is 13.3. The zero-order valence-electron chi connectivity index (χ0n) is 24.0. The molecule has 6 rings (SSSR count). The lowest BCUT2D eigenvalue weighted by Gasteiger charge is -2.70. The molecule has 0 aromatic carbocycles. The summed E-state index contributed by atoms with van der Waals surface area (Å²) >= 11 is 0. The van der Waals surface area contributed by atoms with Gasteiger partial charge in [-0.05, 0) is 103 Å². The molecule has 1 N–H and O–H groups in total. The summed E-state index contributed by atoms with van der Waals surface area (Å²) in [5.41, 5.74) is 4.55. The fourth-order valence-electron chi connectivity index (χ4n) is 11.2. The molecule has 1 aromatic rings. The van der Waals surface area contributed by atoms with E-state index in [1.165, 1.54) is 29.7 Å². The number of aromatic nitrogens is 2. The first kappa shape index (κ1) is 24.7. The summed E-state index contributed by atoms with van der Waals surface area (Å²) in [7, 11) is 2.07. The smallest absolute Gasteiger partial charge is 0.310 e. The zero-order chi connectivity index (χ0) is 26.1. The number of hydrogen-bond acceptors (Lipinski definition) is 2. The standard InChI is InChI=1S/C32H48N2O2/c1-27(2)13-15-32(26(35)36)16-14-30(6)21(22(32)18-27)9-10-24-29(5)17-20-19-34(8)33-25(20)28(3,4)23(29)11-12-31(24,30)7/h9,19,22-24H,10-18H2,1-8H3,(H,35,36)/t22-,23-,24+,29-,30+,31+,32-/m0/s1. The molecule has 0 unspecified atom stereocenters. The van der Waals surface area contributed by atoms with Gasteiger partial charge in [0.25, 0.3) is 0 Å². The van der Waals surface area contributed by atoms with E-state index in [1.807, 2.05) is 4.68 Å². The van der Waals surface area contributed by atoms with Gasteiger partial charge in [-0.1, -0.05) is 60.1 Å². The van der Waals surface area contributed by atoms with Crippen LogP contribution >= 0.6 is 0 Å². The van der Waals surface area contributed by atoms with E-state index in [0.717, 1.165) is 44.9 Å². The molecule has 3 saturated carbocycles. The van der Waals surface area contributed by atoms with Gasteiger partial charge in [-0.2, -0.15) is 5.10 Å². The quantitative estimate of drug-likeness (QED) is 0.418. The van der Waals surface area contributed by atoms with E-state index in [2.05, 4.69) is 67.8 Å². The molecular weight excluding hydrogens is 444 g/mol. The number of hydrogen-bond donors (Lipinski definition) is 1. The molecule has 3 fully saturated rings. The molecule has 0 spiro atoms. The average molecular weight is 493 g/mol. The molecule has 7 atom stereocenters. The third-order valence-corrected chi connectivity index (χ3v) is 13.3. The van der Waals surface area contributed by atoms with Crippen LogP contribution in [0.2, 0.25) is 0 Å². The second-order valence-electron chi connectivity index (χ2n) is 15.8. The summed E-state index contributed by atoms with van der Waals surface area (Å²) in [6.07, 6.45) is 14.3. The molecule has 0 bridgehead atoms. The Kier molecular flexibility index (Phi) is 4.87. The summed E-state index contributed by atoms with van der Waals surface area (Å²) in [6, 6.07) is 0. The maximum absolute atomic E-state index is 12.9. The Hall–Kier alpha value is -1.58. The maximum atomic E-state index is 12.9. The molecule has 4 heteroatoms. The van der Waals surface area contributed by atoms with Crippen LogP contribution in [-0.4, -0.2) is 20.9 Å². The highest BCUT2D eigenvalue weighted by Crippen LogP contribution is 2.75. The van der Waals surface area contributed by atoms with Crippen molar-refractivity contribution in [1.29, 1.82) is 0 Å². The van der Waals surface area contributed by atoms with Gasteiger partial charge in [0.2, 0.25) is 0 Å². The number of carbonyl (C=O) groups is 1. The normalized spacial score (nSPS) is 46.3. The van der Waals surface area contributed by atoms with Crippen molar-refractivity contribution in [2.24, 2.45) is 51.9 Å². The number of fused-ring (bicyclic) bond motifs is 8. The number of nitrogens with zero attached hydrogens (tertiary/aromatic N) is 2. The Morgan fingerprint density at radius 3 is 2.39 bits per heavy atom. The van der Waals surface area contributed by atoms with E-state index in [1.54, 1.807) is 0 Å². The molecule has 0 aliphatic heterocycles. The lowest BCUT2D eigenvalue weighted by molar-refractivity contribution is -0.177. The predicted octanol–water partition coefficient (Wildman–Crippen LogP) is 7.32. The Morgan fingerprint density at radius 1 is 1.00 bits per heavy atom. The van der Waals surface area contributed by atoms with Crippen molar-refractivity contribution in [3.05, 3.63) is 29.1 Å². The van der Waals surface area contributed by atoms with Gasteiger partial charge in [0.15, 0.2) is 0 Å². The van der Waals surface area contributed by atoms with Gasteiger partial charge in [0.1, 0.15) is 0 Å². The molecule has 0 amide bonds. The van der Waals surface area contributed by atoms with E-state index < -0.39 is 11.4 Å². The van der Waals surface area contributed by atoms with Crippen molar-refractivity contribution in [3.63, 3.8) is 0 Å². The van der Waals surface area contributed by atoms with Crippen LogP contribution < -0.4 is 0 Å². The van der Waals surface area contributed by atoms with Gasteiger partial charge >= 0.3 is 5.97 Å². The number of aliphatic carboxylic acids is 1. The Balaban J connectivity index is 1.47. The minimum absolute atomic E-state index is 0.0776. The van der Waals surface area contributed by atoms with Crippen molar-refractivity contribution in [2.75, 3.05) is 0 Å². The first-order valence-electron chi connectivity index (χ1n) is 14.6. The van der Waals surface area contributed by atoms with Crippen molar-refractivity contribution < 1.29 is 9.90 Å². The number of allylic oxidation sites excluding steroid dienone is 2. The van der Waals surface area contributed by atoms with Crippen molar-refractivity contribution in [2.45, 2.75) is 112 Å². The highest BCUT2D eigenvalue weighted by atomic mass is 16.4. The lowest BCUT2D eigenvalue weighted by atomic mass is 9.33. The minimum Gasteiger partial charge on any atom is -0.481 e. The van der Waals surface area contributed by atoms with Gasteiger partial charge in [-0.3, -0.25) is 9.48 Å². The van der Waals surface area contributed by atoms with Gasteiger partial charge in [0, 0.05) is 18.7 Å². The van der Waals surface area contributed by atoms with Crippen LogP contribution in [-0.2, 0) is 23.7 Å². The third kappa shape index (κ3) is 2.83. The number of rotatable bonds is 1. The van der Waals surface area contributed by atoms with Crippen molar-refractivity contribution in [3.8, 4) is 0 Å². The van der Waals surface area contributed by atoms with Gasteiger partial charge in [-0.15, -0.1) is 0 Å². The summed E-state index contributed by atoms with van der Waals surface area (Å²) < 4.78 is 2.03. The largest absolute Gasteiger partial charge is 0.481 e. The van der Waals surface area contributed by atoms with Crippen LogP contribution in [0.25, 0.3) is 0 Å². The minimum atomic E-state index is -0.553. The van der Waals surface area contributed by atoms with Gasteiger partial charge in [-0.25, -0.2) is 0 Å². The summed E-state index contributed by atoms with van der Waals surface area (Å²) in [5.74, 6) is 0.888. The van der Waals surface area contributed by atoms with E-state index in [9.17, 15) is 9.90 Å². The molecule has 36 heavy (non-hydrogen) atoms. The second kappa shape index (κ2) is 7.08. The molecule has 1 aromatic heterocycles. The van der Waals surface area contributed by atoms with E-state index in [4.69, 9.17) is 5.10 Å². The van der Waals surface area contributed by atoms with Gasteiger partial charge < -0.3 is 5.11 Å². The summed E-state index contributed by atoms with van der Waals surface area (Å²) in [4.78, 5) is 12.9. The molecule has 0 radical (unpaired) electrons. The molecule has 5 aliphatic rings. The SMILES string of the molecule is Cn1cc2c(n1)C(C)(C)[C@@H]1CC[C@]3(C)[C@H](CC=C4[C@@H]5CC(C)(C)CC[C@]5(C(=O)O)CC[C@]43C)[C@@]1(C)C2. The fraction of sp³-hybridized carbons (Fsp3) is 0.812.